The van der Waals surface area contributed by atoms with Crippen molar-refractivity contribution in [2.75, 3.05) is 13.6 Å². The molecule has 5 heteroatoms. The van der Waals surface area contributed by atoms with Crippen LogP contribution in [0.3, 0.4) is 0 Å². The summed E-state index contributed by atoms with van der Waals surface area (Å²) in [4.78, 5) is 26.1. The van der Waals surface area contributed by atoms with Gasteiger partial charge in [0, 0.05) is 19.1 Å². The molecule has 0 atom stereocenters. The number of nitrogens with zero attached hydrogens (tertiary/aromatic N) is 2. The number of urea groups is 1. The average molecular weight is 242 g/mol. The van der Waals surface area contributed by atoms with Crippen molar-refractivity contribution in [1.82, 2.24) is 9.80 Å². The van der Waals surface area contributed by atoms with E-state index in [0.29, 0.717) is 0 Å². The third kappa shape index (κ3) is 3.61. The molecule has 0 aromatic heterocycles. The summed E-state index contributed by atoms with van der Waals surface area (Å²) in [5, 5.41) is 8.83. The first kappa shape index (κ1) is 13.8. The largest absolute Gasteiger partial charge is 0.480 e. The fourth-order valence-corrected chi connectivity index (χ4v) is 2.08. The SMILES string of the molecule is CCC(CC)N(C)C(=O)N(CC(=O)O)C1CC1. The highest BCUT2D eigenvalue weighted by Gasteiger charge is 2.36. The van der Waals surface area contributed by atoms with Gasteiger partial charge >= 0.3 is 12.0 Å². The van der Waals surface area contributed by atoms with Crippen LogP contribution in [0.4, 0.5) is 4.79 Å². The van der Waals surface area contributed by atoms with Crippen molar-refractivity contribution >= 4 is 12.0 Å². The van der Waals surface area contributed by atoms with Crippen molar-refractivity contribution in [3.63, 3.8) is 0 Å². The molecule has 1 N–H and O–H groups in total. The molecule has 0 heterocycles. The van der Waals surface area contributed by atoms with Crippen molar-refractivity contribution in [2.24, 2.45) is 0 Å². The summed E-state index contributed by atoms with van der Waals surface area (Å²) in [7, 11) is 1.76. The van der Waals surface area contributed by atoms with Crippen LogP contribution in [0.2, 0.25) is 0 Å². The first-order valence-electron chi connectivity index (χ1n) is 6.26. The van der Waals surface area contributed by atoms with Gasteiger partial charge in [-0.05, 0) is 25.7 Å². The lowest BCUT2D eigenvalue weighted by atomic mass is 10.1. The van der Waals surface area contributed by atoms with E-state index in [2.05, 4.69) is 0 Å². The molecule has 0 aliphatic heterocycles. The average Bonchev–Trinajstić information content (AvgIpc) is 3.10. The van der Waals surface area contributed by atoms with Crippen molar-refractivity contribution in [2.45, 2.75) is 51.6 Å². The summed E-state index contributed by atoms with van der Waals surface area (Å²) in [6.45, 7) is 3.89. The van der Waals surface area contributed by atoms with Gasteiger partial charge in [0.1, 0.15) is 6.54 Å². The van der Waals surface area contributed by atoms with E-state index in [4.69, 9.17) is 5.11 Å². The molecule has 0 radical (unpaired) electrons. The molecule has 0 saturated heterocycles. The van der Waals surface area contributed by atoms with Crippen LogP contribution >= 0.6 is 0 Å². The number of amides is 2. The molecule has 0 spiro atoms. The minimum atomic E-state index is -0.941. The van der Waals surface area contributed by atoms with Crippen LogP contribution in [0.5, 0.6) is 0 Å². The van der Waals surface area contributed by atoms with E-state index >= 15 is 0 Å². The molecule has 1 aliphatic carbocycles. The molecule has 5 nitrogen and oxygen atoms in total. The highest BCUT2D eigenvalue weighted by molar-refractivity contribution is 5.80. The van der Waals surface area contributed by atoms with E-state index in [1.165, 1.54) is 4.90 Å². The van der Waals surface area contributed by atoms with E-state index in [1.807, 2.05) is 13.8 Å². The molecule has 0 aromatic rings. The van der Waals surface area contributed by atoms with Crippen LogP contribution < -0.4 is 0 Å². The van der Waals surface area contributed by atoms with Gasteiger partial charge in [-0.25, -0.2) is 4.79 Å². The van der Waals surface area contributed by atoms with Gasteiger partial charge in [-0.3, -0.25) is 4.79 Å². The molecule has 1 rings (SSSR count). The highest BCUT2D eigenvalue weighted by Crippen LogP contribution is 2.28. The molecule has 98 valence electrons. The zero-order chi connectivity index (χ0) is 13.0. The van der Waals surface area contributed by atoms with Gasteiger partial charge in [0.15, 0.2) is 0 Å². The zero-order valence-corrected chi connectivity index (χ0v) is 10.8. The van der Waals surface area contributed by atoms with Gasteiger partial charge in [-0.2, -0.15) is 0 Å². The number of hydrogen-bond acceptors (Lipinski definition) is 2. The summed E-state index contributed by atoms with van der Waals surface area (Å²) >= 11 is 0. The molecule has 17 heavy (non-hydrogen) atoms. The first-order chi connectivity index (χ1) is 8.01. The molecule has 1 saturated carbocycles. The van der Waals surface area contributed by atoms with Crippen LogP contribution in [-0.2, 0) is 4.79 Å². The minimum absolute atomic E-state index is 0.135. The summed E-state index contributed by atoms with van der Waals surface area (Å²) in [5.74, 6) is -0.941. The van der Waals surface area contributed by atoms with Gasteiger partial charge in [0.05, 0.1) is 0 Å². The van der Waals surface area contributed by atoms with Crippen molar-refractivity contribution in [3.8, 4) is 0 Å². The molecule has 0 bridgehead atoms. The van der Waals surface area contributed by atoms with Gasteiger partial charge < -0.3 is 14.9 Å². The minimum Gasteiger partial charge on any atom is -0.480 e. The van der Waals surface area contributed by atoms with E-state index in [1.54, 1.807) is 11.9 Å². The predicted octanol–water partition coefficient (Wildman–Crippen LogP) is 1.78. The summed E-state index contributed by atoms with van der Waals surface area (Å²) in [6, 6.07) is 0.177. The molecular weight excluding hydrogens is 220 g/mol. The monoisotopic (exact) mass is 242 g/mol. The van der Waals surface area contributed by atoms with Gasteiger partial charge in [-0.1, -0.05) is 13.8 Å². The lowest BCUT2D eigenvalue weighted by Gasteiger charge is -2.32. The second-order valence-corrected chi connectivity index (χ2v) is 4.62. The van der Waals surface area contributed by atoms with Crippen molar-refractivity contribution in [3.05, 3.63) is 0 Å². The highest BCUT2D eigenvalue weighted by atomic mass is 16.4. The Labute approximate surface area is 102 Å². The fraction of sp³-hybridized carbons (Fsp3) is 0.833. The number of hydrogen-bond donors (Lipinski definition) is 1. The number of carboxylic acids is 1. The number of rotatable bonds is 6. The van der Waals surface area contributed by atoms with Crippen LogP contribution in [-0.4, -0.2) is 52.6 Å². The second-order valence-electron chi connectivity index (χ2n) is 4.62. The quantitative estimate of drug-likeness (QED) is 0.772. The van der Waals surface area contributed by atoms with Crippen LogP contribution in [0.25, 0.3) is 0 Å². The standard InChI is InChI=1S/C12H22N2O3/c1-4-9(5-2)13(3)12(17)14(8-11(15)16)10-6-7-10/h9-10H,4-8H2,1-3H3,(H,15,16). The summed E-state index contributed by atoms with van der Waals surface area (Å²) in [6.07, 6.45) is 3.64. The maximum Gasteiger partial charge on any atom is 0.323 e. The third-order valence-electron chi connectivity index (χ3n) is 3.33. The van der Waals surface area contributed by atoms with Gasteiger partial charge in [0.2, 0.25) is 0 Å². The topological polar surface area (TPSA) is 60.9 Å². The van der Waals surface area contributed by atoms with Crippen molar-refractivity contribution in [1.29, 1.82) is 0 Å². The molecule has 0 unspecified atom stereocenters. The number of carbonyl (C=O) groups is 2. The summed E-state index contributed by atoms with van der Waals surface area (Å²) in [5.41, 5.74) is 0. The van der Waals surface area contributed by atoms with E-state index in [9.17, 15) is 9.59 Å². The second kappa shape index (κ2) is 5.89. The Bertz CT molecular complexity index is 285. The Morgan fingerprint density at radius 1 is 1.29 bits per heavy atom. The van der Waals surface area contributed by atoms with Crippen LogP contribution in [0.15, 0.2) is 0 Å². The van der Waals surface area contributed by atoms with Gasteiger partial charge in [-0.15, -0.1) is 0 Å². The molecule has 0 aromatic carbocycles. The Hall–Kier alpha value is -1.26. The van der Waals surface area contributed by atoms with Crippen LogP contribution in [0.1, 0.15) is 39.5 Å². The number of aliphatic carboxylic acids is 1. The molecular formula is C12H22N2O3. The Morgan fingerprint density at radius 2 is 1.82 bits per heavy atom. The molecule has 1 fully saturated rings. The van der Waals surface area contributed by atoms with E-state index in [0.717, 1.165) is 25.7 Å². The van der Waals surface area contributed by atoms with Gasteiger partial charge in [0.25, 0.3) is 0 Å². The zero-order valence-electron chi connectivity index (χ0n) is 10.8. The fourth-order valence-electron chi connectivity index (χ4n) is 2.08. The third-order valence-corrected chi connectivity index (χ3v) is 3.33. The number of carboxylic acid groups (broad SMARTS) is 1. The maximum absolute atomic E-state index is 12.2. The Kier molecular flexibility index (Phi) is 4.78. The lowest BCUT2D eigenvalue weighted by Crippen LogP contribution is -2.48. The smallest absolute Gasteiger partial charge is 0.323 e. The Balaban J connectivity index is 2.66. The van der Waals surface area contributed by atoms with Crippen LogP contribution in [0, 0.1) is 0 Å². The normalized spacial score (nSPS) is 14.8. The Morgan fingerprint density at radius 3 is 2.18 bits per heavy atom. The maximum atomic E-state index is 12.2. The number of carbonyl (C=O) groups excluding carboxylic acids is 1. The summed E-state index contributed by atoms with van der Waals surface area (Å²) < 4.78 is 0. The molecule has 1 aliphatic rings. The van der Waals surface area contributed by atoms with E-state index in [-0.39, 0.29) is 24.7 Å². The predicted molar refractivity (Wildman–Crippen MR) is 64.9 cm³/mol. The molecule has 2 amide bonds. The first-order valence-corrected chi connectivity index (χ1v) is 6.26. The van der Waals surface area contributed by atoms with Crippen molar-refractivity contribution < 1.29 is 14.7 Å². The lowest BCUT2D eigenvalue weighted by molar-refractivity contribution is -0.137. The van der Waals surface area contributed by atoms with E-state index < -0.39 is 5.97 Å².